The van der Waals surface area contributed by atoms with Gasteiger partial charge in [-0.3, -0.25) is 14.8 Å². The van der Waals surface area contributed by atoms with E-state index in [0.29, 0.717) is 11.6 Å². The van der Waals surface area contributed by atoms with E-state index >= 15 is 0 Å². The maximum absolute atomic E-state index is 14.3. The lowest BCUT2D eigenvalue weighted by Crippen LogP contribution is -2.43. The second-order valence-electron chi connectivity index (χ2n) is 10.2. The molecule has 1 saturated carbocycles. The van der Waals surface area contributed by atoms with Crippen molar-refractivity contribution < 1.29 is 36.7 Å². The number of hydrogen-bond acceptors (Lipinski definition) is 5. The summed E-state index contributed by atoms with van der Waals surface area (Å²) in [6.07, 6.45) is 5.87. The highest BCUT2D eigenvalue weighted by molar-refractivity contribution is 7.97. The lowest BCUT2D eigenvalue weighted by Gasteiger charge is -2.30. The average Bonchev–Trinajstić information content (AvgIpc) is 3.03. The second-order valence-corrected chi connectivity index (χ2v) is 11.4. The SMILES string of the molecule is CC(C(=O)N(Cc1ccc(C2CCCCC2)cc1)c1ccc(C(=O)NO)cc1)N(C)Sc1c(F)c(F)c(F)c(F)c1F. The maximum Gasteiger partial charge on any atom is 0.274 e. The molecule has 0 saturated heterocycles. The van der Waals surface area contributed by atoms with E-state index in [1.165, 1.54) is 73.4 Å². The first-order valence-electron chi connectivity index (χ1n) is 13.4. The van der Waals surface area contributed by atoms with Crippen LogP contribution in [0.4, 0.5) is 27.6 Å². The summed E-state index contributed by atoms with van der Waals surface area (Å²) in [4.78, 5) is 25.8. The molecular weight excluding hydrogens is 577 g/mol. The number of likely N-dealkylation sites (N-methyl/N-ethyl adjacent to an activating group) is 1. The van der Waals surface area contributed by atoms with Gasteiger partial charge in [0.05, 0.1) is 12.6 Å². The topological polar surface area (TPSA) is 72.9 Å². The molecule has 2 N–H and O–H groups in total. The Bertz CT molecular complexity index is 1400. The van der Waals surface area contributed by atoms with Crippen molar-refractivity contribution in [2.75, 3.05) is 11.9 Å². The quantitative estimate of drug-likeness (QED) is 0.0678. The Balaban J connectivity index is 1.60. The van der Waals surface area contributed by atoms with Gasteiger partial charge in [0, 0.05) is 11.3 Å². The minimum absolute atomic E-state index is 0.0979. The molecule has 1 fully saturated rings. The van der Waals surface area contributed by atoms with Gasteiger partial charge in [-0.05, 0) is 80.1 Å². The van der Waals surface area contributed by atoms with E-state index in [1.807, 2.05) is 24.3 Å². The van der Waals surface area contributed by atoms with Gasteiger partial charge >= 0.3 is 0 Å². The normalized spacial score (nSPS) is 14.6. The smallest absolute Gasteiger partial charge is 0.274 e. The molecule has 42 heavy (non-hydrogen) atoms. The van der Waals surface area contributed by atoms with Crippen LogP contribution in [0.25, 0.3) is 0 Å². The van der Waals surface area contributed by atoms with E-state index in [9.17, 15) is 31.5 Å². The van der Waals surface area contributed by atoms with Crippen LogP contribution in [0.2, 0.25) is 0 Å². The molecule has 1 atom stereocenters. The Morgan fingerprint density at radius 3 is 1.98 bits per heavy atom. The average molecular weight is 608 g/mol. The number of hydrogen-bond donors (Lipinski definition) is 2. The van der Waals surface area contributed by atoms with Crippen molar-refractivity contribution in [3.05, 3.63) is 94.3 Å². The van der Waals surface area contributed by atoms with Gasteiger partial charge in [-0.15, -0.1) is 0 Å². The Morgan fingerprint density at radius 2 is 1.43 bits per heavy atom. The zero-order valence-corrected chi connectivity index (χ0v) is 23.8. The largest absolute Gasteiger partial charge is 0.307 e. The maximum atomic E-state index is 14.3. The van der Waals surface area contributed by atoms with E-state index in [1.54, 1.807) is 0 Å². The first kappa shape index (κ1) is 31.5. The van der Waals surface area contributed by atoms with Crippen LogP contribution in [0, 0.1) is 29.1 Å². The summed E-state index contributed by atoms with van der Waals surface area (Å²) in [6, 6.07) is 12.7. The molecule has 1 aliphatic carbocycles. The van der Waals surface area contributed by atoms with Crippen LogP contribution < -0.4 is 10.4 Å². The van der Waals surface area contributed by atoms with Crippen LogP contribution in [0.1, 0.15) is 66.4 Å². The number of hydroxylamine groups is 1. The molecule has 0 aromatic heterocycles. The molecule has 0 radical (unpaired) electrons. The molecule has 0 bridgehead atoms. The lowest BCUT2D eigenvalue weighted by atomic mass is 9.84. The number of nitrogens with zero attached hydrogens (tertiary/aromatic N) is 2. The predicted molar refractivity (Wildman–Crippen MR) is 148 cm³/mol. The molecular formula is C30H30F5N3O3S. The molecule has 2 amide bonds. The minimum atomic E-state index is -2.26. The number of nitrogens with one attached hydrogen (secondary N) is 1. The van der Waals surface area contributed by atoms with E-state index in [4.69, 9.17) is 5.21 Å². The van der Waals surface area contributed by atoms with Gasteiger partial charge in [0.1, 0.15) is 4.90 Å². The fourth-order valence-electron chi connectivity index (χ4n) is 4.94. The molecule has 1 unspecified atom stereocenters. The lowest BCUT2D eigenvalue weighted by molar-refractivity contribution is -0.121. The zero-order valence-electron chi connectivity index (χ0n) is 23.0. The summed E-state index contributed by atoms with van der Waals surface area (Å²) in [5.41, 5.74) is 4.07. The number of amides is 2. The highest BCUT2D eigenvalue weighted by Crippen LogP contribution is 2.35. The molecule has 4 rings (SSSR count). The molecule has 3 aromatic rings. The van der Waals surface area contributed by atoms with Crippen LogP contribution in [0.15, 0.2) is 53.4 Å². The summed E-state index contributed by atoms with van der Waals surface area (Å²) < 4.78 is 70.8. The highest BCUT2D eigenvalue weighted by Gasteiger charge is 2.31. The van der Waals surface area contributed by atoms with Gasteiger partial charge in [-0.1, -0.05) is 43.5 Å². The fourth-order valence-corrected chi connectivity index (χ4v) is 5.81. The Kier molecular flexibility index (Phi) is 10.2. The number of carbonyl (C=O) groups is 2. The number of halogens is 5. The fraction of sp³-hybridized carbons (Fsp3) is 0.333. The second kappa shape index (κ2) is 13.7. The van der Waals surface area contributed by atoms with Crippen LogP contribution in [0.3, 0.4) is 0 Å². The third kappa shape index (κ3) is 6.77. The molecule has 1 aliphatic rings. The number of carbonyl (C=O) groups excluding carboxylic acids is 2. The zero-order chi connectivity index (χ0) is 30.6. The van der Waals surface area contributed by atoms with Gasteiger partial charge in [0.25, 0.3) is 5.91 Å². The molecule has 224 valence electrons. The molecule has 6 nitrogen and oxygen atoms in total. The third-order valence-corrected chi connectivity index (χ3v) is 8.66. The van der Waals surface area contributed by atoms with Crippen molar-refractivity contribution in [2.45, 2.75) is 62.4 Å². The first-order valence-corrected chi connectivity index (χ1v) is 14.2. The Hall–Kier alpha value is -3.48. The standard InChI is InChI=1S/C30H30F5N3O3S/c1-17(37(2)42-28-26(34)24(32)23(31)25(33)27(28)35)30(40)38(22-14-12-21(13-15-22)29(39)36-41)16-18-8-10-20(11-9-18)19-6-4-3-5-7-19/h8-15,17,19,41H,3-7,16H2,1-2H3,(H,36,39). The van der Waals surface area contributed by atoms with E-state index in [-0.39, 0.29) is 24.1 Å². The predicted octanol–water partition coefficient (Wildman–Crippen LogP) is 7.11. The number of rotatable bonds is 9. The Labute approximate surface area is 244 Å². The molecule has 0 heterocycles. The van der Waals surface area contributed by atoms with Gasteiger partial charge in [-0.25, -0.2) is 31.7 Å². The summed E-state index contributed by atoms with van der Waals surface area (Å²) in [7, 11) is 1.30. The van der Waals surface area contributed by atoms with Crippen LogP contribution in [-0.4, -0.2) is 34.4 Å². The van der Waals surface area contributed by atoms with Crippen molar-refractivity contribution >= 4 is 29.4 Å². The van der Waals surface area contributed by atoms with Gasteiger partial charge in [0.2, 0.25) is 11.7 Å². The van der Waals surface area contributed by atoms with Crippen LogP contribution in [-0.2, 0) is 11.3 Å². The van der Waals surface area contributed by atoms with Crippen LogP contribution >= 0.6 is 11.9 Å². The van der Waals surface area contributed by atoms with Gasteiger partial charge < -0.3 is 4.90 Å². The minimum Gasteiger partial charge on any atom is -0.307 e. The van der Waals surface area contributed by atoms with E-state index in [0.717, 1.165) is 22.7 Å². The van der Waals surface area contributed by atoms with Crippen LogP contribution in [0.5, 0.6) is 0 Å². The van der Waals surface area contributed by atoms with E-state index in [2.05, 4.69) is 0 Å². The van der Waals surface area contributed by atoms with Gasteiger partial charge in [0.15, 0.2) is 23.3 Å². The summed E-state index contributed by atoms with van der Waals surface area (Å²) in [5, 5.41) is 8.92. The summed E-state index contributed by atoms with van der Waals surface area (Å²) >= 11 is 0.225. The van der Waals surface area contributed by atoms with E-state index < -0.39 is 51.8 Å². The highest BCUT2D eigenvalue weighted by atomic mass is 32.2. The number of anilines is 1. The monoisotopic (exact) mass is 607 g/mol. The summed E-state index contributed by atoms with van der Waals surface area (Å²) in [5.74, 6) is -11.2. The third-order valence-electron chi connectivity index (χ3n) is 7.51. The van der Waals surface area contributed by atoms with Crippen molar-refractivity contribution in [3.63, 3.8) is 0 Å². The van der Waals surface area contributed by atoms with Crippen molar-refractivity contribution in [2.24, 2.45) is 0 Å². The molecule has 0 aliphatic heterocycles. The summed E-state index contributed by atoms with van der Waals surface area (Å²) in [6.45, 7) is 1.54. The van der Waals surface area contributed by atoms with Crippen molar-refractivity contribution in [3.8, 4) is 0 Å². The number of benzene rings is 3. The Morgan fingerprint density at radius 1 is 0.881 bits per heavy atom. The molecule has 3 aromatic carbocycles. The molecule has 0 spiro atoms. The first-order chi connectivity index (χ1) is 20.0. The van der Waals surface area contributed by atoms with Crippen molar-refractivity contribution in [1.29, 1.82) is 0 Å². The molecule has 12 heteroatoms. The van der Waals surface area contributed by atoms with Crippen molar-refractivity contribution in [1.82, 2.24) is 9.79 Å². The van der Waals surface area contributed by atoms with Gasteiger partial charge in [-0.2, -0.15) is 0 Å².